The van der Waals surface area contributed by atoms with Gasteiger partial charge in [-0.15, -0.1) is 0 Å². The highest BCUT2D eigenvalue weighted by molar-refractivity contribution is 5.56. The number of ether oxygens (including phenoxy) is 1. The fourth-order valence-corrected chi connectivity index (χ4v) is 2.96. The lowest BCUT2D eigenvalue weighted by Crippen LogP contribution is -2.48. The SMILES string of the molecule is COCCN1C(O)N(c2ccc(C#N)c(C(F)(F)F)c2)C(O)C1(C)C. The number of aliphatic hydroxyl groups is 2. The van der Waals surface area contributed by atoms with Crippen LogP contribution in [0.2, 0.25) is 0 Å². The zero-order valence-corrected chi connectivity index (χ0v) is 14.1. The first-order valence-corrected chi connectivity index (χ1v) is 7.57. The summed E-state index contributed by atoms with van der Waals surface area (Å²) in [5.74, 6) is 0. The molecule has 1 aliphatic rings. The smallest absolute Gasteiger partial charge is 0.383 e. The van der Waals surface area contributed by atoms with Crippen LogP contribution >= 0.6 is 0 Å². The second-order valence-corrected chi connectivity index (χ2v) is 6.31. The van der Waals surface area contributed by atoms with E-state index in [1.165, 1.54) is 24.1 Å². The van der Waals surface area contributed by atoms with Crippen molar-refractivity contribution in [3.8, 4) is 6.07 Å². The summed E-state index contributed by atoms with van der Waals surface area (Å²) in [6.07, 6.45) is -7.32. The van der Waals surface area contributed by atoms with Gasteiger partial charge in [-0.25, -0.2) is 4.90 Å². The molecule has 0 saturated carbocycles. The van der Waals surface area contributed by atoms with E-state index in [4.69, 9.17) is 10.00 Å². The molecule has 2 atom stereocenters. The highest BCUT2D eigenvalue weighted by Gasteiger charge is 2.51. The molecule has 1 aromatic carbocycles. The first-order valence-electron chi connectivity index (χ1n) is 7.57. The van der Waals surface area contributed by atoms with Gasteiger partial charge in [-0.2, -0.15) is 18.4 Å². The van der Waals surface area contributed by atoms with Crippen LogP contribution in [0.5, 0.6) is 0 Å². The number of halogens is 3. The maximum absolute atomic E-state index is 13.2. The number of anilines is 1. The molecule has 1 aromatic rings. The molecule has 0 radical (unpaired) electrons. The van der Waals surface area contributed by atoms with Crippen molar-refractivity contribution in [1.29, 1.82) is 5.26 Å². The molecule has 9 heteroatoms. The molecule has 1 fully saturated rings. The normalized spacial score (nSPS) is 23.7. The molecule has 0 aliphatic carbocycles. The van der Waals surface area contributed by atoms with Crippen molar-refractivity contribution in [3.63, 3.8) is 0 Å². The maximum atomic E-state index is 13.2. The predicted molar refractivity (Wildman–Crippen MR) is 83.3 cm³/mol. The van der Waals surface area contributed by atoms with Gasteiger partial charge in [0.2, 0.25) is 0 Å². The molecule has 2 N–H and O–H groups in total. The predicted octanol–water partition coefficient (Wildman–Crippen LogP) is 1.72. The minimum atomic E-state index is -4.72. The van der Waals surface area contributed by atoms with Crippen LogP contribution in [0.3, 0.4) is 0 Å². The number of aliphatic hydroxyl groups excluding tert-OH is 2. The Labute approximate surface area is 143 Å². The number of rotatable bonds is 4. The molecule has 2 unspecified atom stereocenters. The van der Waals surface area contributed by atoms with E-state index < -0.39 is 35.4 Å². The van der Waals surface area contributed by atoms with E-state index in [9.17, 15) is 23.4 Å². The van der Waals surface area contributed by atoms with Gasteiger partial charge in [-0.1, -0.05) is 0 Å². The minimum absolute atomic E-state index is 0.0284. The maximum Gasteiger partial charge on any atom is 0.417 e. The van der Waals surface area contributed by atoms with E-state index in [-0.39, 0.29) is 18.8 Å². The number of nitriles is 1. The van der Waals surface area contributed by atoms with E-state index in [0.717, 1.165) is 17.0 Å². The first-order chi connectivity index (χ1) is 11.6. The van der Waals surface area contributed by atoms with Crippen LogP contribution in [0.4, 0.5) is 18.9 Å². The van der Waals surface area contributed by atoms with Crippen molar-refractivity contribution in [2.45, 2.75) is 38.1 Å². The van der Waals surface area contributed by atoms with Crippen LogP contribution in [-0.4, -0.2) is 53.5 Å². The van der Waals surface area contributed by atoms with Crippen LogP contribution in [-0.2, 0) is 10.9 Å². The number of hydrogen-bond donors (Lipinski definition) is 2. The van der Waals surface area contributed by atoms with E-state index in [1.54, 1.807) is 13.8 Å². The summed E-state index contributed by atoms with van der Waals surface area (Å²) >= 11 is 0. The summed E-state index contributed by atoms with van der Waals surface area (Å²) < 4.78 is 44.5. The summed E-state index contributed by atoms with van der Waals surface area (Å²) in [5, 5.41) is 30.0. The average molecular weight is 359 g/mol. The molecule has 0 bridgehead atoms. The van der Waals surface area contributed by atoms with Crippen molar-refractivity contribution in [1.82, 2.24) is 4.90 Å². The van der Waals surface area contributed by atoms with Crippen LogP contribution in [0.1, 0.15) is 25.0 Å². The number of hydrogen-bond acceptors (Lipinski definition) is 6. The largest absolute Gasteiger partial charge is 0.417 e. The Bertz CT molecular complexity index is 673. The summed E-state index contributed by atoms with van der Waals surface area (Å²) in [4.78, 5) is 2.62. The molecule has 1 aliphatic heterocycles. The van der Waals surface area contributed by atoms with Gasteiger partial charge in [-0.3, -0.25) is 0 Å². The molecule has 138 valence electrons. The van der Waals surface area contributed by atoms with Gasteiger partial charge in [0.15, 0.2) is 6.35 Å². The third-order valence-electron chi connectivity index (χ3n) is 4.43. The molecule has 0 spiro atoms. The molecule has 2 rings (SSSR count). The van der Waals surface area contributed by atoms with Crippen molar-refractivity contribution in [3.05, 3.63) is 29.3 Å². The second kappa shape index (κ2) is 6.80. The Hall–Kier alpha value is -1.86. The minimum Gasteiger partial charge on any atom is -0.383 e. The molecular weight excluding hydrogens is 339 g/mol. The summed E-state index contributed by atoms with van der Waals surface area (Å²) in [7, 11) is 1.49. The van der Waals surface area contributed by atoms with Crippen LogP contribution in [0.25, 0.3) is 0 Å². The Morgan fingerprint density at radius 2 is 1.96 bits per heavy atom. The second-order valence-electron chi connectivity index (χ2n) is 6.31. The fourth-order valence-electron chi connectivity index (χ4n) is 2.96. The number of methoxy groups -OCH3 is 1. The molecule has 25 heavy (non-hydrogen) atoms. The lowest BCUT2D eigenvalue weighted by Gasteiger charge is -2.32. The van der Waals surface area contributed by atoms with Crippen LogP contribution in [0.15, 0.2) is 18.2 Å². The fraction of sp³-hybridized carbons (Fsp3) is 0.562. The van der Waals surface area contributed by atoms with Gasteiger partial charge >= 0.3 is 6.18 Å². The van der Waals surface area contributed by atoms with E-state index in [1.807, 2.05) is 0 Å². The number of benzene rings is 1. The molecule has 1 saturated heterocycles. The Morgan fingerprint density at radius 3 is 2.48 bits per heavy atom. The first kappa shape index (κ1) is 19.5. The van der Waals surface area contributed by atoms with Gasteiger partial charge in [0.25, 0.3) is 0 Å². The summed E-state index contributed by atoms with van der Waals surface area (Å²) in [6.45, 7) is 3.90. The molecule has 0 aromatic heterocycles. The van der Waals surface area contributed by atoms with E-state index >= 15 is 0 Å². The quantitative estimate of drug-likeness (QED) is 0.852. The Balaban J connectivity index is 2.46. The van der Waals surface area contributed by atoms with Gasteiger partial charge in [0.1, 0.15) is 6.23 Å². The van der Waals surface area contributed by atoms with Crippen LogP contribution < -0.4 is 4.90 Å². The number of nitrogens with zero attached hydrogens (tertiary/aromatic N) is 3. The highest BCUT2D eigenvalue weighted by atomic mass is 19.4. The van der Waals surface area contributed by atoms with Crippen molar-refractivity contribution >= 4 is 5.69 Å². The van der Waals surface area contributed by atoms with Gasteiger partial charge in [0, 0.05) is 19.3 Å². The Kier molecular flexibility index (Phi) is 5.30. The van der Waals surface area contributed by atoms with Gasteiger partial charge < -0.3 is 19.8 Å². The molecule has 6 nitrogen and oxygen atoms in total. The van der Waals surface area contributed by atoms with E-state index in [2.05, 4.69) is 0 Å². The van der Waals surface area contributed by atoms with Crippen molar-refractivity contribution < 1.29 is 28.1 Å². The van der Waals surface area contributed by atoms with Crippen molar-refractivity contribution in [2.75, 3.05) is 25.2 Å². The zero-order valence-electron chi connectivity index (χ0n) is 14.1. The van der Waals surface area contributed by atoms with Crippen molar-refractivity contribution in [2.24, 2.45) is 0 Å². The monoisotopic (exact) mass is 359 g/mol. The number of alkyl halides is 3. The molecular formula is C16H20F3N3O3. The van der Waals surface area contributed by atoms with Gasteiger partial charge in [-0.05, 0) is 32.0 Å². The third-order valence-corrected chi connectivity index (χ3v) is 4.43. The molecule has 1 heterocycles. The molecule has 0 amide bonds. The lowest BCUT2D eigenvalue weighted by molar-refractivity contribution is -0.137. The zero-order chi connectivity index (χ0) is 19.0. The standard InChI is InChI=1S/C16H20F3N3O3/c1-15(2)13(23)22(14(24)21(15)6-7-25-3)11-5-4-10(9-20)12(8-11)16(17,18)19/h4-5,8,13-14,23-24H,6-7H2,1-3H3. The topological polar surface area (TPSA) is 80.0 Å². The van der Waals surface area contributed by atoms with E-state index in [0.29, 0.717) is 0 Å². The van der Waals surface area contributed by atoms with Crippen LogP contribution in [0, 0.1) is 11.3 Å². The average Bonchev–Trinajstić information content (AvgIpc) is 2.70. The summed E-state index contributed by atoms with van der Waals surface area (Å²) in [6, 6.07) is 4.57. The summed E-state index contributed by atoms with van der Waals surface area (Å²) in [5.41, 5.74) is -2.58. The van der Waals surface area contributed by atoms with Gasteiger partial charge in [0.05, 0.1) is 29.3 Å². The highest BCUT2D eigenvalue weighted by Crippen LogP contribution is 2.40. The Morgan fingerprint density at radius 1 is 1.32 bits per heavy atom. The third kappa shape index (κ3) is 3.43. The lowest BCUT2D eigenvalue weighted by atomic mass is 10.0.